The molecule has 5 rings (SSSR count). The molecule has 2 aromatic heterocycles. The van der Waals surface area contributed by atoms with Crippen LogP contribution in [0.4, 0.5) is 16.2 Å². The Balaban J connectivity index is 1.21. The normalized spacial score (nSPS) is 16.1. The van der Waals surface area contributed by atoms with Gasteiger partial charge in [-0.05, 0) is 30.3 Å². The van der Waals surface area contributed by atoms with Gasteiger partial charge in [0.05, 0.1) is 17.1 Å². The summed E-state index contributed by atoms with van der Waals surface area (Å²) in [6, 6.07) is 10.6. The first-order chi connectivity index (χ1) is 19.2. The predicted molar refractivity (Wildman–Crippen MR) is 154 cm³/mol. The fraction of sp³-hybridized carbons (Fsp3) is 0.464. The minimum absolute atomic E-state index is 0.0719. The van der Waals surface area contributed by atoms with Crippen molar-refractivity contribution in [3.8, 4) is 17.4 Å². The standard InChI is InChI=1S/C28H36N6O5Si/c1-32-26(35)16-24(23-7-10-29-18-30-23)31-27(32)39-22-8-11-33(12-9-22)21-5-6-25-20(15-21)17-38-28(36)34(25)19-37-13-14-40(2,3)4/h5-7,10,15-16,18,22H,8-9,11-14,17,19H2,1-4H3. The summed E-state index contributed by atoms with van der Waals surface area (Å²) < 4.78 is 18.9. The number of fused-ring (bicyclic) bond motifs is 1. The topological polar surface area (TPSA) is 112 Å². The van der Waals surface area contributed by atoms with Gasteiger partial charge in [0.1, 0.15) is 25.8 Å². The molecule has 0 aliphatic carbocycles. The lowest BCUT2D eigenvalue weighted by molar-refractivity contribution is 0.110. The van der Waals surface area contributed by atoms with E-state index in [-0.39, 0.29) is 37.1 Å². The number of benzene rings is 1. The molecule has 0 atom stereocenters. The van der Waals surface area contributed by atoms with Crippen molar-refractivity contribution in [2.75, 3.05) is 36.2 Å². The summed E-state index contributed by atoms with van der Waals surface area (Å²) in [5.74, 6) is 0. The summed E-state index contributed by atoms with van der Waals surface area (Å²) in [5, 5.41) is 0. The lowest BCUT2D eigenvalue weighted by Gasteiger charge is -2.35. The largest absolute Gasteiger partial charge is 0.461 e. The molecule has 4 heterocycles. The Bertz CT molecular complexity index is 1400. The van der Waals surface area contributed by atoms with Crippen molar-refractivity contribution in [1.82, 2.24) is 19.5 Å². The average molecular weight is 565 g/mol. The van der Waals surface area contributed by atoms with Gasteiger partial charge in [-0.1, -0.05) is 19.6 Å². The maximum Gasteiger partial charge on any atom is 0.416 e. The van der Waals surface area contributed by atoms with E-state index in [1.165, 1.54) is 17.0 Å². The molecule has 0 unspecified atom stereocenters. The SMILES string of the molecule is Cn1c(OC2CCN(c3ccc4c(c3)COC(=O)N4COCC[Si](C)(C)C)CC2)nc(-c2ccncn2)cc1=O. The molecule has 40 heavy (non-hydrogen) atoms. The molecule has 1 aromatic carbocycles. The van der Waals surface area contributed by atoms with Crippen LogP contribution in [0.1, 0.15) is 18.4 Å². The van der Waals surface area contributed by atoms with E-state index in [4.69, 9.17) is 14.2 Å². The van der Waals surface area contributed by atoms with Gasteiger partial charge in [0.2, 0.25) is 0 Å². The number of amides is 1. The van der Waals surface area contributed by atoms with E-state index in [1.54, 1.807) is 24.2 Å². The third-order valence-electron chi connectivity index (χ3n) is 7.16. The molecule has 212 valence electrons. The molecule has 3 aromatic rings. The molecular formula is C28H36N6O5Si. The first-order valence-electron chi connectivity index (χ1n) is 13.6. The van der Waals surface area contributed by atoms with Crippen LogP contribution in [0, 0.1) is 0 Å². The van der Waals surface area contributed by atoms with Gasteiger partial charge in [-0.2, -0.15) is 4.98 Å². The van der Waals surface area contributed by atoms with Crippen molar-refractivity contribution in [2.24, 2.45) is 7.05 Å². The number of hydrogen-bond donors (Lipinski definition) is 0. The van der Waals surface area contributed by atoms with Crippen LogP contribution in [0.2, 0.25) is 25.7 Å². The van der Waals surface area contributed by atoms with Crippen LogP contribution in [0.25, 0.3) is 11.4 Å². The van der Waals surface area contributed by atoms with E-state index < -0.39 is 8.07 Å². The van der Waals surface area contributed by atoms with Crippen molar-refractivity contribution < 1.29 is 19.0 Å². The van der Waals surface area contributed by atoms with Crippen molar-refractivity contribution in [2.45, 2.75) is 51.2 Å². The highest BCUT2D eigenvalue weighted by molar-refractivity contribution is 6.76. The molecule has 0 bridgehead atoms. The zero-order valence-electron chi connectivity index (χ0n) is 23.5. The van der Waals surface area contributed by atoms with Gasteiger partial charge in [0.25, 0.3) is 11.6 Å². The van der Waals surface area contributed by atoms with Gasteiger partial charge >= 0.3 is 6.09 Å². The zero-order valence-corrected chi connectivity index (χ0v) is 24.5. The maximum atomic E-state index is 12.5. The summed E-state index contributed by atoms with van der Waals surface area (Å²) in [6.07, 6.45) is 4.14. The number of cyclic esters (lactones) is 1. The van der Waals surface area contributed by atoms with Crippen molar-refractivity contribution in [3.63, 3.8) is 0 Å². The fourth-order valence-electron chi connectivity index (χ4n) is 4.70. The van der Waals surface area contributed by atoms with Crippen LogP contribution in [0.3, 0.4) is 0 Å². The van der Waals surface area contributed by atoms with Gasteiger partial charge in [0.15, 0.2) is 0 Å². The van der Waals surface area contributed by atoms with Crippen molar-refractivity contribution in [3.05, 3.63) is 58.8 Å². The number of hydrogen-bond acceptors (Lipinski definition) is 9. The van der Waals surface area contributed by atoms with E-state index in [1.807, 2.05) is 12.1 Å². The highest BCUT2D eigenvalue weighted by atomic mass is 28.3. The average Bonchev–Trinajstić information content (AvgIpc) is 2.94. The summed E-state index contributed by atoms with van der Waals surface area (Å²) >= 11 is 0. The molecule has 0 radical (unpaired) electrons. The first kappa shape index (κ1) is 27.8. The second-order valence-corrected chi connectivity index (χ2v) is 17.0. The predicted octanol–water partition coefficient (Wildman–Crippen LogP) is 4.05. The number of carbonyl (C=O) groups is 1. The highest BCUT2D eigenvalue weighted by Crippen LogP contribution is 2.32. The number of piperidine rings is 1. The third kappa shape index (κ3) is 6.50. The molecule has 11 nitrogen and oxygen atoms in total. The Morgan fingerprint density at radius 3 is 2.60 bits per heavy atom. The van der Waals surface area contributed by atoms with Crippen molar-refractivity contribution >= 4 is 25.5 Å². The molecule has 1 saturated heterocycles. The monoisotopic (exact) mass is 564 g/mol. The maximum absolute atomic E-state index is 12.5. The number of anilines is 2. The summed E-state index contributed by atoms with van der Waals surface area (Å²) in [7, 11) is 0.451. The van der Waals surface area contributed by atoms with Crippen LogP contribution >= 0.6 is 0 Å². The lowest BCUT2D eigenvalue weighted by atomic mass is 10.0. The first-order valence-corrected chi connectivity index (χ1v) is 17.3. The third-order valence-corrected chi connectivity index (χ3v) is 8.86. The number of aromatic nitrogens is 4. The van der Waals surface area contributed by atoms with Gasteiger partial charge < -0.3 is 19.1 Å². The van der Waals surface area contributed by atoms with Gasteiger partial charge in [-0.3, -0.25) is 14.3 Å². The Hall–Kier alpha value is -3.77. The summed E-state index contributed by atoms with van der Waals surface area (Å²) in [6.45, 7) is 9.54. The van der Waals surface area contributed by atoms with Crippen LogP contribution in [-0.4, -0.2) is 66.2 Å². The summed E-state index contributed by atoms with van der Waals surface area (Å²) in [5.41, 5.74) is 3.70. The molecule has 12 heteroatoms. The van der Waals surface area contributed by atoms with Crippen LogP contribution in [0.15, 0.2) is 47.7 Å². The summed E-state index contributed by atoms with van der Waals surface area (Å²) in [4.78, 5) is 41.5. The molecule has 1 amide bonds. The minimum atomic E-state index is -1.21. The van der Waals surface area contributed by atoms with E-state index in [2.05, 4.69) is 45.6 Å². The van der Waals surface area contributed by atoms with Crippen LogP contribution in [-0.2, 0) is 23.1 Å². The second kappa shape index (κ2) is 11.8. The highest BCUT2D eigenvalue weighted by Gasteiger charge is 2.28. The zero-order chi connectivity index (χ0) is 28.3. The number of nitrogens with zero attached hydrogens (tertiary/aromatic N) is 6. The van der Waals surface area contributed by atoms with Gasteiger partial charge in [-0.25, -0.2) is 14.8 Å². The van der Waals surface area contributed by atoms with Gasteiger partial charge in [-0.15, -0.1) is 0 Å². The molecular weight excluding hydrogens is 528 g/mol. The molecule has 2 aliphatic heterocycles. The number of rotatable bonds is 9. The molecule has 0 N–H and O–H groups in total. The second-order valence-electron chi connectivity index (χ2n) is 11.4. The molecule has 0 spiro atoms. The van der Waals surface area contributed by atoms with Crippen LogP contribution < -0.4 is 20.1 Å². The van der Waals surface area contributed by atoms with E-state index in [0.29, 0.717) is 18.0 Å². The Labute approximate surface area is 234 Å². The molecule has 1 fully saturated rings. The lowest BCUT2D eigenvalue weighted by Crippen LogP contribution is -2.40. The Kier molecular flexibility index (Phi) is 8.17. The fourth-order valence-corrected chi connectivity index (χ4v) is 5.45. The van der Waals surface area contributed by atoms with Crippen molar-refractivity contribution in [1.29, 1.82) is 0 Å². The Morgan fingerprint density at radius 1 is 1.07 bits per heavy atom. The van der Waals surface area contributed by atoms with Crippen LogP contribution in [0.5, 0.6) is 6.01 Å². The van der Waals surface area contributed by atoms with E-state index in [0.717, 1.165) is 48.9 Å². The number of ether oxygens (including phenoxy) is 3. The molecule has 0 saturated carbocycles. The van der Waals surface area contributed by atoms with E-state index in [9.17, 15) is 9.59 Å². The minimum Gasteiger partial charge on any atom is -0.461 e. The Morgan fingerprint density at radius 2 is 1.88 bits per heavy atom. The number of carbonyl (C=O) groups excluding carboxylic acids is 1. The van der Waals surface area contributed by atoms with E-state index >= 15 is 0 Å². The molecule has 2 aliphatic rings. The quantitative estimate of drug-likeness (QED) is 0.281. The van der Waals surface area contributed by atoms with Gasteiger partial charge in [0, 0.05) is 71.2 Å². The smallest absolute Gasteiger partial charge is 0.416 e.